The minimum absolute atomic E-state index is 0.170. The van der Waals surface area contributed by atoms with Crippen molar-refractivity contribution >= 4 is 11.7 Å². The number of fused-ring (bicyclic) bond motifs is 3. The summed E-state index contributed by atoms with van der Waals surface area (Å²) in [5.74, 6) is 0.950. The van der Waals surface area contributed by atoms with Gasteiger partial charge in [0.1, 0.15) is 24.3 Å². The minimum Gasteiger partial charge on any atom is -0.348 e. The van der Waals surface area contributed by atoms with Crippen LogP contribution < -0.4 is 4.90 Å². The maximum atomic E-state index is 13.3. The van der Waals surface area contributed by atoms with Gasteiger partial charge in [0.15, 0.2) is 11.5 Å². The summed E-state index contributed by atoms with van der Waals surface area (Å²) < 4.78 is 1.72. The zero-order valence-corrected chi connectivity index (χ0v) is 14.2. The molecule has 0 N–H and O–H groups in total. The molecule has 4 fully saturated rings. The number of hydrogen-bond acceptors (Lipinski definition) is 7. The second-order valence-electron chi connectivity index (χ2n) is 7.26. The van der Waals surface area contributed by atoms with Crippen molar-refractivity contribution in [2.45, 2.75) is 43.3 Å². The Labute approximate surface area is 150 Å². The van der Waals surface area contributed by atoms with Gasteiger partial charge in [-0.2, -0.15) is 10.4 Å². The van der Waals surface area contributed by atoms with Crippen LogP contribution in [0.15, 0.2) is 24.8 Å². The van der Waals surface area contributed by atoms with Crippen molar-refractivity contribution in [1.29, 1.82) is 5.26 Å². The van der Waals surface area contributed by atoms with Gasteiger partial charge in [0.25, 0.3) is 5.91 Å². The molecule has 2 bridgehead atoms. The number of nitrogens with zero attached hydrogens (tertiary/aromatic N) is 8. The summed E-state index contributed by atoms with van der Waals surface area (Å²) in [5, 5.41) is 21.2. The van der Waals surface area contributed by atoms with Crippen molar-refractivity contribution in [2.75, 3.05) is 18.0 Å². The SMILES string of the molecule is N#Cc1ccc(N2CC3CCC2CN3C(=O)C2(n3cncn3)CC2)nn1. The fraction of sp³-hybridized carbons (Fsp3) is 0.529. The molecule has 9 heteroatoms. The molecule has 2 aromatic rings. The van der Waals surface area contributed by atoms with E-state index in [1.165, 1.54) is 6.33 Å². The smallest absolute Gasteiger partial charge is 0.251 e. The average molecular weight is 350 g/mol. The van der Waals surface area contributed by atoms with Crippen LogP contribution in [0.2, 0.25) is 0 Å². The molecule has 3 aliphatic heterocycles. The first-order chi connectivity index (χ1) is 12.7. The van der Waals surface area contributed by atoms with Crippen LogP contribution in [0.5, 0.6) is 0 Å². The molecule has 1 saturated carbocycles. The highest BCUT2D eigenvalue weighted by atomic mass is 16.2. The maximum absolute atomic E-state index is 13.3. The standard InChI is InChI=1S/C17H18N8O/c18-7-12-1-4-15(22-21-12)23-8-14-3-2-13(23)9-24(14)16(26)17(5-6-17)25-11-19-10-20-25/h1,4,10-11,13-14H,2-3,5-6,8-9H2. The van der Waals surface area contributed by atoms with E-state index in [0.29, 0.717) is 12.2 Å². The number of nitriles is 1. The van der Waals surface area contributed by atoms with Gasteiger partial charge in [0.2, 0.25) is 0 Å². The molecule has 6 rings (SSSR count). The molecule has 0 radical (unpaired) electrons. The molecule has 26 heavy (non-hydrogen) atoms. The Morgan fingerprint density at radius 1 is 1.19 bits per heavy atom. The summed E-state index contributed by atoms with van der Waals surface area (Å²) in [5.41, 5.74) is -0.205. The van der Waals surface area contributed by atoms with Crippen LogP contribution in [0.1, 0.15) is 31.4 Å². The molecule has 0 spiro atoms. The van der Waals surface area contributed by atoms with Crippen molar-refractivity contribution in [2.24, 2.45) is 0 Å². The van der Waals surface area contributed by atoms with Crippen molar-refractivity contribution < 1.29 is 4.79 Å². The van der Waals surface area contributed by atoms with Crippen molar-refractivity contribution in [3.05, 3.63) is 30.5 Å². The molecular formula is C17H18N8O. The molecule has 2 atom stereocenters. The van der Waals surface area contributed by atoms with Crippen LogP contribution in [0.25, 0.3) is 0 Å². The average Bonchev–Trinajstić information content (AvgIpc) is 3.33. The van der Waals surface area contributed by atoms with Gasteiger partial charge in [-0.15, -0.1) is 10.2 Å². The highest BCUT2D eigenvalue weighted by molar-refractivity contribution is 5.88. The summed E-state index contributed by atoms with van der Waals surface area (Å²) >= 11 is 0. The van der Waals surface area contributed by atoms with Gasteiger partial charge >= 0.3 is 0 Å². The largest absolute Gasteiger partial charge is 0.348 e. The molecule has 0 aromatic carbocycles. The summed E-state index contributed by atoms with van der Waals surface area (Å²) in [7, 11) is 0. The van der Waals surface area contributed by atoms with Gasteiger partial charge in [0, 0.05) is 25.2 Å². The lowest BCUT2D eigenvalue weighted by atomic mass is 9.90. The third kappa shape index (κ3) is 2.18. The van der Waals surface area contributed by atoms with E-state index in [0.717, 1.165) is 38.0 Å². The number of hydrogen-bond donors (Lipinski definition) is 0. The van der Waals surface area contributed by atoms with Gasteiger partial charge in [0.05, 0.1) is 0 Å². The topological polar surface area (TPSA) is 104 Å². The lowest BCUT2D eigenvalue weighted by Crippen LogP contribution is -2.66. The zero-order valence-electron chi connectivity index (χ0n) is 14.2. The van der Waals surface area contributed by atoms with Gasteiger partial charge in [-0.05, 0) is 37.8 Å². The van der Waals surface area contributed by atoms with Crippen LogP contribution in [-0.2, 0) is 10.3 Å². The highest BCUT2D eigenvalue weighted by Crippen LogP contribution is 2.46. The van der Waals surface area contributed by atoms with Gasteiger partial charge < -0.3 is 9.80 Å². The predicted molar refractivity (Wildman–Crippen MR) is 89.8 cm³/mol. The number of piperidine rings is 2. The van der Waals surface area contributed by atoms with E-state index in [2.05, 4.69) is 25.2 Å². The van der Waals surface area contributed by atoms with Crippen molar-refractivity contribution in [3.8, 4) is 6.07 Å². The molecule has 1 amide bonds. The quantitative estimate of drug-likeness (QED) is 0.784. The van der Waals surface area contributed by atoms with E-state index in [4.69, 9.17) is 5.26 Å². The summed E-state index contributed by atoms with van der Waals surface area (Å²) in [6.07, 6.45) is 6.82. The van der Waals surface area contributed by atoms with E-state index >= 15 is 0 Å². The van der Waals surface area contributed by atoms with E-state index < -0.39 is 5.54 Å². The summed E-state index contributed by atoms with van der Waals surface area (Å²) in [6.45, 7) is 1.45. The fourth-order valence-electron chi connectivity index (χ4n) is 4.25. The lowest BCUT2D eigenvalue weighted by Gasteiger charge is -2.52. The first-order valence-corrected chi connectivity index (χ1v) is 8.88. The highest BCUT2D eigenvalue weighted by Gasteiger charge is 2.57. The number of rotatable bonds is 3. The zero-order chi connectivity index (χ0) is 17.7. The number of aromatic nitrogens is 5. The molecule has 3 saturated heterocycles. The Kier molecular flexibility index (Phi) is 3.22. The Bertz CT molecular complexity index is 867. The number of carbonyl (C=O) groups excluding carboxylic acids is 1. The molecule has 1 aliphatic carbocycles. The molecule has 5 heterocycles. The molecule has 4 aliphatic rings. The Morgan fingerprint density at radius 2 is 2.04 bits per heavy atom. The lowest BCUT2D eigenvalue weighted by molar-refractivity contribution is -0.142. The second kappa shape index (κ2) is 5.49. The maximum Gasteiger partial charge on any atom is 0.251 e. The summed E-state index contributed by atoms with van der Waals surface area (Å²) in [6, 6.07) is 5.93. The van der Waals surface area contributed by atoms with Gasteiger partial charge in [-0.3, -0.25) is 4.79 Å². The number of piperazine rings is 1. The third-order valence-electron chi connectivity index (χ3n) is 5.83. The second-order valence-corrected chi connectivity index (χ2v) is 7.26. The van der Waals surface area contributed by atoms with Crippen LogP contribution in [0.3, 0.4) is 0 Å². The van der Waals surface area contributed by atoms with Crippen LogP contribution in [-0.4, -0.2) is 60.9 Å². The summed E-state index contributed by atoms with van der Waals surface area (Å²) in [4.78, 5) is 21.5. The van der Waals surface area contributed by atoms with E-state index in [1.54, 1.807) is 17.1 Å². The van der Waals surface area contributed by atoms with Gasteiger partial charge in [-0.1, -0.05) is 0 Å². The monoisotopic (exact) mass is 350 g/mol. The predicted octanol–water partition coefficient (Wildman–Crippen LogP) is 0.309. The fourth-order valence-corrected chi connectivity index (χ4v) is 4.25. The minimum atomic E-state index is -0.521. The van der Waals surface area contributed by atoms with E-state index in [1.807, 2.05) is 17.0 Å². The molecule has 2 unspecified atom stereocenters. The first-order valence-electron chi connectivity index (χ1n) is 8.88. The molecule has 9 nitrogen and oxygen atoms in total. The van der Waals surface area contributed by atoms with Gasteiger partial charge in [-0.25, -0.2) is 9.67 Å². The normalized spacial score (nSPS) is 25.8. The Balaban J connectivity index is 1.36. The molecular weight excluding hydrogens is 332 g/mol. The number of carbonyl (C=O) groups is 1. The molecule has 132 valence electrons. The van der Waals surface area contributed by atoms with Crippen molar-refractivity contribution in [1.82, 2.24) is 29.9 Å². The van der Waals surface area contributed by atoms with Crippen LogP contribution in [0, 0.1) is 11.3 Å². The van der Waals surface area contributed by atoms with E-state index in [-0.39, 0.29) is 18.0 Å². The number of amides is 1. The first kappa shape index (κ1) is 15.3. The molecule has 2 aromatic heterocycles. The van der Waals surface area contributed by atoms with Crippen molar-refractivity contribution in [3.63, 3.8) is 0 Å². The van der Waals surface area contributed by atoms with Crippen LogP contribution in [0.4, 0.5) is 5.82 Å². The Morgan fingerprint density at radius 3 is 2.62 bits per heavy atom. The Hall–Kier alpha value is -3.02. The third-order valence-corrected chi connectivity index (χ3v) is 5.83. The van der Waals surface area contributed by atoms with E-state index in [9.17, 15) is 4.79 Å². The number of anilines is 1. The van der Waals surface area contributed by atoms with Crippen LogP contribution >= 0.6 is 0 Å².